The maximum absolute atomic E-state index is 4.70. The second-order valence-electron chi connectivity index (χ2n) is 4.85. The van der Waals surface area contributed by atoms with Gasteiger partial charge in [-0.1, -0.05) is 13.8 Å². The summed E-state index contributed by atoms with van der Waals surface area (Å²) in [7, 11) is 0. The molecule has 0 amide bonds. The molecule has 0 saturated heterocycles. The molecular weight excluding hydrogens is 242 g/mol. The summed E-state index contributed by atoms with van der Waals surface area (Å²) in [4.78, 5) is 9.31. The Labute approximate surface area is 114 Å². The van der Waals surface area contributed by atoms with Gasteiger partial charge in [-0.3, -0.25) is 0 Å². The van der Waals surface area contributed by atoms with E-state index in [0.717, 1.165) is 30.4 Å². The van der Waals surface area contributed by atoms with E-state index in [1.54, 1.807) is 0 Å². The van der Waals surface area contributed by atoms with Gasteiger partial charge in [0, 0.05) is 24.2 Å². The normalized spacial score (nSPS) is 14.8. The molecule has 18 heavy (non-hydrogen) atoms. The van der Waals surface area contributed by atoms with E-state index in [9.17, 15) is 0 Å². The van der Waals surface area contributed by atoms with Crippen LogP contribution >= 0.6 is 11.8 Å². The summed E-state index contributed by atoms with van der Waals surface area (Å²) in [5, 5.41) is 3.39. The predicted molar refractivity (Wildman–Crippen MR) is 79.2 cm³/mol. The van der Waals surface area contributed by atoms with E-state index in [4.69, 9.17) is 4.98 Å². The molecule has 0 radical (unpaired) electrons. The first kappa shape index (κ1) is 13.7. The Bertz CT molecular complexity index is 377. The van der Waals surface area contributed by atoms with Gasteiger partial charge in [-0.25, -0.2) is 9.97 Å². The van der Waals surface area contributed by atoms with Crippen molar-refractivity contribution in [2.45, 2.75) is 51.2 Å². The van der Waals surface area contributed by atoms with Gasteiger partial charge in [0.2, 0.25) is 0 Å². The molecule has 3 nitrogen and oxygen atoms in total. The maximum Gasteiger partial charge on any atom is 0.140 e. The third-order valence-corrected chi connectivity index (χ3v) is 4.08. The van der Waals surface area contributed by atoms with E-state index in [-0.39, 0.29) is 0 Å². The smallest absolute Gasteiger partial charge is 0.140 e. The van der Waals surface area contributed by atoms with E-state index < -0.39 is 0 Å². The van der Waals surface area contributed by atoms with Crippen molar-refractivity contribution in [1.29, 1.82) is 0 Å². The molecule has 1 N–H and O–H groups in total. The zero-order valence-corrected chi connectivity index (χ0v) is 12.2. The molecule has 1 aliphatic rings. The molecule has 1 aliphatic carbocycles. The minimum Gasteiger partial charge on any atom is -0.370 e. The molecule has 0 aliphatic heterocycles. The molecule has 100 valence electrons. The summed E-state index contributed by atoms with van der Waals surface area (Å²) in [5.41, 5.74) is 1.25. The Morgan fingerprint density at radius 1 is 1.28 bits per heavy atom. The fraction of sp³-hybridized carbons (Fsp3) is 0.714. The first-order valence-corrected chi connectivity index (χ1v) is 8.18. The minimum atomic E-state index is 0.699. The summed E-state index contributed by atoms with van der Waals surface area (Å²) in [6.07, 6.45) is 4.94. The molecule has 0 atom stereocenters. The second kappa shape index (κ2) is 6.98. The Hall–Kier alpha value is -0.770. The van der Waals surface area contributed by atoms with Gasteiger partial charge in [-0.2, -0.15) is 11.8 Å². The lowest BCUT2D eigenvalue weighted by atomic mass is 10.2. The SMILES string of the molecule is CCCNc1cc(C2CC2)nc(CSCCC)n1. The monoisotopic (exact) mass is 265 g/mol. The average Bonchev–Trinajstić information content (AvgIpc) is 3.21. The fourth-order valence-electron chi connectivity index (χ4n) is 1.82. The number of nitrogens with zero attached hydrogens (tertiary/aromatic N) is 2. The van der Waals surface area contributed by atoms with Crippen LogP contribution in [-0.4, -0.2) is 22.3 Å². The number of rotatable bonds is 8. The number of aromatic nitrogens is 2. The van der Waals surface area contributed by atoms with Crippen LogP contribution in [0.25, 0.3) is 0 Å². The van der Waals surface area contributed by atoms with Crippen molar-refractivity contribution in [2.75, 3.05) is 17.6 Å². The molecule has 1 saturated carbocycles. The van der Waals surface area contributed by atoms with Gasteiger partial charge < -0.3 is 5.32 Å². The lowest BCUT2D eigenvalue weighted by Crippen LogP contribution is -2.06. The topological polar surface area (TPSA) is 37.8 Å². The molecule has 0 unspecified atom stereocenters. The molecule has 1 aromatic heterocycles. The van der Waals surface area contributed by atoms with Crippen molar-refractivity contribution in [3.8, 4) is 0 Å². The summed E-state index contributed by atoms with van der Waals surface area (Å²) >= 11 is 1.93. The van der Waals surface area contributed by atoms with Gasteiger partial charge in [-0.15, -0.1) is 0 Å². The third kappa shape index (κ3) is 4.16. The first-order valence-electron chi connectivity index (χ1n) is 7.03. The van der Waals surface area contributed by atoms with Gasteiger partial charge in [0.05, 0.1) is 5.75 Å². The molecule has 1 fully saturated rings. The number of thioether (sulfide) groups is 1. The Morgan fingerprint density at radius 3 is 2.78 bits per heavy atom. The van der Waals surface area contributed by atoms with Crippen LogP contribution in [0.1, 0.15) is 57.0 Å². The van der Waals surface area contributed by atoms with Gasteiger partial charge in [0.15, 0.2) is 0 Å². The van der Waals surface area contributed by atoms with Crippen molar-refractivity contribution in [3.63, 3.8) is 0 Å². The molecule has 1 aromatic rings. The maximum atomic E-state index is 4.70. The van der Waals surface area contributed by atoms with Crippen LogP contribution < -0.4 is 5.32 Å². The molecule has 1 heterocycles. The van der Waals surface area contributed by atoms with E-state index in [1.807, 2.05) is 11.8 Å². The summed E-state index contributed by atoms with van der Waals surface area (Å²) in [6, 6.07) is 2.14. The van der Waals surface area contributed by atoms with Gasteiger partial charge >= 0.3 is 0 Å². The zero-order chi connectivity index (χ0) is 12.8. The molecule has 0 spiro atoms. The molecule has 0 bridgehead atoms. The number of hydrogen-bond acceptors (Lipinski definition) is 4. The fourth-order valence-corrected chi connectivity index (χ4v) is 2.57. The summed E-state index contributed by atoms with van der Waals surface area (Å²) in [5.74, 6) is 4.84. The summed E-state index contributed by atoms with van der Waals surface area (Å²) < 4.78 is 0. The van der Waals surface area contributed by atoms with Gasteiger partial charge in [0.25, 0.3) is 0 Å². The zero-order valence-electron chi connectivity index (χ0n) is 11.4. The standard InChI is InChI=1S/C14H23N3S/c1-3-7-15-13-9-12(11-5-6-11)16-14(17-13)10-18-8-4-2/h9,11H,3-8,10H2,1-2H3,(H,15,16,17). The number of hydrogen-bond donors (Lipinski definition) is 1. The summed E-state index contributed by atoms with van der Waals surface area (Å²) in [6.45, 7) is 5.37. The van der Waals surface area contributed by atoms with Crippen LogP contribution in [0.2, 0.25) is 0 Å². The van der Waals surface area contributed by atoms with Crippen LogP contribution in [0, 0.1) is 0 Å². The first-order chi connectivity index (χ1) is 8.83. The van der Waals surface area contributed by atoms with Crippen molar-refractivity contribution in [2.24, 2.45) is 0 Å². The Morgan fingerprint density at radius 2 is 2.11 bits per heavy atom. The Balaban J connectivity index is 2.03. The largest absolute Gasteiger partial charge is 0.370 e. The third-order valence-electron chi connectivity index (χ3n) is 2.92. The molecule has 0 aromatic carbocycles. The molecule has 4 heteroatoms. The predicted octanol–water partition coefficient (Wildman–Crippen LogP) is 3.82. The van der Waals surface area contributed by atoms with Crippen molar-refractivity contribution in [3.05, 3.63) is 17.6 Å². The average molecular weight is 265 g/mol. The highest BCUT2D eigenvalue weighted by Crippen LogP contribution is 2.39. The highest BCUT2D eigenvalue weighted by Gasteiger charge is 2.26. The van der Waals surface area contributed by atoms with Gasteiger partial charge in [0.1, 0.15) is 11.6 Å². The number of nitrogens with one attached hydrogen (secondary N) is 1. The Kier molecular flexibility index (Phi) is 5.29. The lowest BCUT2D eigenvalue weighted by molar-refractivity contribution is 0.911. The van der Waals surface area contributed by atoms with Crippen LogP contribution in [0.15, 0.2) is 6.07 Å². The lowest BCUT2D eigenvalue weighted by Gasteiger charge is -2.09. The van der Waals surface area contributed by atoms with E-state index in [1.165, 1.54) is 30.7 Å². The van der Waals surface area contributed by atoms with E-state index in [2.05, 4.69) is 30.2 Å². The second-order valence-corrected chi connectivity index (χ2v) is 5.95. The molecular formula is C14H23N3S. The minimum absolute atomic E-state index is 0.699. The van der Waals surface area contributed by atoms with Crippen LogP contribution in [0.3, 0.4) is 0 Å². The van der Waals surface area contributed by atoms with Crippen LogP contribution in [0.4, 0.5) is 5.82 Å². The number of anilines is 1. The van der Waals surface area contributed by atoms with E-state index in [0.29, 0.717) is 5.92 Å². The van der Waals surface area contributed by atoms with Crippen molar-refractivity contribution >= 4 is 17.6 Å². The van der Waals surface area contributed by atoms with Crippen molar-refractivity contribution < 1.29 is 0 Å². The van der Waals surface area contributed by atoms with Crippen molar-refractivity contribution in [1.82, 2.24) is 9.97 Å². The molecule has 2 rings (SSSR count). The van der Waals surface area contributed by atoms with Crippen LogP contribution in [0.5, 0.6) is 0 Å². The quantitative estimate of drug-likeness (QED) is 0.725. The van der Waals surface area contributed by atoms with E-state index >= 15 is 0 Å². The highest BCUT2D eigenvalue weighted by molar-refractivity contribution is 7.98. The van der Waals surface area contributed by atoms with Crippen LogP contribution in [-0.2, 0) is 5.75 Å². The van der Waals surface area contributed by atoms with Gasteiger partial charge in [-0.05, 0) is 31.4 Å². The highest BCUT2D eigenvalue weighted by atomic mass is 32.2.